The van der Waals surface area contributed by atoms with Crippen LogP contribution in [0.3, 0.4) is 0 Å². The van der Waals surface area contributed by atoms with E-state index in [2.05, 4.69) is 11.7 Å². The van der Waals surface area contributed by atoms with E-state index in [-0.39, 0.29) is 12.1 Å². The van der Waals surface area contributed by atoms with Crippen molar-refractivity contribution in [2.24, 2.45) is 0 Å². The Morgan fingerprint density at radius 1 is 0.750 bits per heavy atom. The van der Waals surface area contributed by atoms with Crippen molar-refractivity contribution in [2.45, 2.75) is 122 Å². The monoisotopic (exact) mass is 342 g/mol. The van der Waals surface area contributed by atoms with Crippen LogP contribution in [0.2, 0.25) is 0 Å². The van der Waals surface area contributed by atoms with Crippen LogP contribution in [0.4, 0.5) is 0 Å². The molecule has 0 fully saturated rings. The van der Waals surface area contributed by atoms with Crippen LogP contribution in [0.5, 0.6) is 0 Å². The molecule has 144 valence electrons. The molecule has 0 aliphatic rings. The molecule has 1 atom stereocenters. The highest BCUT2D eigenvalue weighted by Crippen LogP contribution is 2.14. The van der Waals surface area contributed by atoms with Crippen molar-refractivity contribution >= 4 is 5.97 Å². The predicted molar refractivity (Wildman–Crippen MR) is 102 cm³/mol. The number of hydrogen-bond donors (Lipinski definition) is 1. The van der Waals surface area contributed by atoms with E-state index in [9.17, 15) is 9.90 Å². The predicted octanol–water partition coefficient (Wildman–Crippen LogP) is 6.17. The lowest BCUT2D eigenvalue weighted by Crippen LogP contribution is -2.05. The third-order valence-electron chi connectivity index (χ3n) is 4.79. The molecule has 0 spiro atoms. The molecule has 3 nitrogen and oxygen atoms in total. The Morgan fingerprint density at radius 2 is 1.17 bits per heavy atom. The van der Waals surface area contributed by atoms with Gasteiger partial charge in [0, 0.05) is 6.42 Å². The minimum absolute atomic E-state index is 0.0745. The number of aliphatic hydroxyl groups excluding tert-OH is 1. The van der Waals surface area contributed by atoms with Gasteiger partial charge in [-0.1, -0.05) is 90.4 Å². The molecule has 0 saturated carbocycles. The summed E-state index contributed by atoms with van der Waals surface area (Å²) in [5.74, 6) is -0.0884. The zero-order valence-corrected chi connectivity index (χ0v) is 16.4. The Balaban J connectivity index is 3.16. The Kier molecular flexibility index (Phi) is 18.3. The van der Waals surface area contributed by atoms with Gasteiger partial charge in [-0.15, -0.1) is 0 Å². The second-order valence-corrected chi connectivity index (χ2v) is 7.15. The van der Waals surface area contributed by atoms with Gasteiger partial charge in [0.05, 0.1) is 13.2 Å². The summed E-state index contributed by atoms with van der Waals surface area (Å²) < 4.78 is 4.63. The van der Waals surface area contributed by atoms with Crippen molar-refractivity contribution < 1.29 is 14.6 Å². The summed E-state index contributed by atoms with van der Waals surface area (Å²) in [7, 11) is 1.45. The first-order valence-electron chi connectivity index (χ1n) is 10.5. The second-order valence-electron chi connectivity index (χ2n) is 7.15. The van der Waals surface area contributed by atoms with Gasteiger partial charge in [0.2, 0.25) is 0 Å². The molecule has 0 aromatic heterocycles. The van der Waals surface area contributed by atoms with Crippen LogP contribution in [0.15, 0.2) is 0 Å². The summed E-state index contributed by atoms with van der Waals surface area (Å²) in [5.41, 5.74) is 0. The van der Waals surface area contributed by atoms with Crippen molar-refractivity contribution in [1.29, 1.82) is 0 Å². The van der Waals surface area contributed by atoms with Gasteiger partial charge in [-0.25, -0.2) is 0 Å². The standard InChI is InChI=1S/C21H42O3/c1-3-4-5-6-11-14-17-20(22)18-15-12-9-7-8-10-13-16-19-21(23)24-2/h20,22H,3-19H2,1-2H3. The number of carbonyl (C=O) groups excluding carboxylic acids is 1. The number of ether oxygens (including phenoxy) is 1. The largest absolute Gasteiger partial charge is 0.469 e. The minimum Gasteiger partial charge on any atom is -0.469 e. The maximum atomic E-state index is 11.0. The zero-order chi connectivity index (χ0) is 17.9. The quantitative estimate of drug-likeness (QED) is 0.239. The zero-order valence-electron chi connectivity index (χ0n) is 16.4. The number of rotatable bonds is 18. The smallest absolute Gasteiger partial charge is 0.305 e. The van der Waals surface area contributed by atoms with Crippen LogP contribution in [0.25, 0.3) is 0 Å². The number of unbranched alkanes of at least 4 members (excludes halogenated alkanes) is 12. The normalized spacial score (nSPS) is 12.3. The highest BCUT2D eigenvalue weighted by molar-refractivity contribution is 5.68. The van der Waals surface area contributed by atoms with Gasteiger partial charge in [0.15, 0.2) is 0 Å². The van der Waals surface area contributed by atoms with Crippen LogP contribution >= 0.6 is 0 Å². The van der Waals surface area contributed by atoms with E-state index in [0.29, 0.717) is 6.42 Å². The molecule has 0 aromatic carbocycles. The molecular formula is C21H42O3. The van der Waals surface area contributed by atoms with Gasteiger partial charge in [-0.05, 0) is 19.3 Å². The first-order valence-corrected chi connectivity index (χ1v) is 10.5. The molecule has 0 rings (SSSR count). The van der Waals surface area contributed by atoms with Crippen molar-refractivity contribution in [3.63, 3.8) is 0 Å². The third kappa shape index (κ3) is 17.8. The summed E-state index contributed by atoms with van der Waals surface area (Å²) in [6.07, 6.45) is 19.8. The Bertz CT molecular complexity index is 266. The average Bonchev–Trinajstić information content (AvgIpc) is 2.59. The summed E-state index contributed by atoms with van der Waals surface area (Å²) >= 11 is 0. The van der Waals surface area contributed by atoms with E-state index >= 15 is 0 Å². The third-order valence-corrected chi connectivity index (χ3v) is 4.79. The molecule has 3 heteroatoms. The van der Waals surface area contributed by atoms with Gasteiger partial charge < -0.3 is 9.84 Å². The lowest BCUT2D eigenvalue weighted by Gasteiger charge is -2.10. The Labute approximate surface area is 150 Å². The molecular weight excluding hydrogens is 300 g/mol. The number of esters is 1. The number of carbonyl (C=O) groups is 1. The molecule has 1 unspecified atom stereocenters. The van der Waals surface area contributed by atoms with Crippen LogP contribution in [0, 0.1) is 0 Å². The lowest BCUT2D eigenvalue weighted by atomic mass is 10.0. The van der Waals surface area contributed by atoms with E-state index in [1.165, 1.54) is 84.2 Å². The SMILES string of the molecule is CCCCCCCCC(O)CCCCCCCCCCC(=O)OC. The van der Waals surface area contributed by atoms with Crippen LogP contribution in [0.1, 0.15) is 116 Å². The fourth-order valence-electron chi connectivity index (χ4n) is 3.12. The summed E-state index contributed by atoms with van der Waals surface area (Å²) in [6.45, 7) is 2.24. The van der Waals surface area contributed by atoms with E-state index in [4.69, 9.17) is 0 Å². The van der Waals surface area contributed by atoms with Crippen molar-refractivity contribution in [1.82, 2.24) is 0 Å². The molecule has 0 aromatic rings. The van der Waals surface area contributed by atoms with E-state index in [1.54, 1.807) is 0 Å². The lowest BCUT2D eigenvalue weighted by molar-refractivity contribution is -0.140. The van der Waals surface area contributed by atoms with E-state index < -0.39 is 0 Å². The van der Waals surface area contributed by atoms with Gasteiger partial charge in [-0.2, -0.15) is 0 Å². The first-order chi connectivity index (χ1) is 11.7. The van der Waals surface area contributed by atoms with Crippen molar-refractivity contribution in [3.8, 4) is 0 Å². The fraction of sp³-hybridized carbons (Fsp3) is 0.952. The van der Waals surface area contributed by atoms with Gasteiger partial charge in [0.1, 0.15) is 0 Å². The molecule has 0 saturated heterocycles. The highest BCUT2D eigenvalue weighted by Gasteiger charge is 2.04. The molecule has 0 radical (unpaired) electrons. The van der Waals surface area contributed by atoms with Gasteiger partial charge >= 0.3 is 5.97 Å². The van der Waals surface area contributed by atoms with Crippen LogP contribution in [-0.2, 0) is 9.53 Å². The van der Waals surface area contributed by atoms with Gasteiger partial charge in [-0.3, -0.25) is 4.79 Å². The highest BCUT2D eigenvalue weighted by atomic mass is 16.5. The van der Waals surface area contributed by atoms with Gasteiger partial charge in [0.25, 0.3) is 0 Å². The van der Waals surface area contributed by atoms with E-state index in [1.807, 2.05) is 0 Å². The van der Waals surface area contributed by atoms with Crippen molar-refractivity contribution in [2.75, 3.05) is 7.11 Å². The van der Waals surface area contributed by atoms with E-state index in [0.717, 1.165) is 25.7 Å². The topological polar surface area (TPSA) is 46.5 Å². The maximum Gasteiger partial charge on any atom is 0.305 e. The Morgan fingerprint density at radius 3 is 1.62 bits per heavy atom. The molecule has 24 heavy (non-hydrogen) atoms. The molecule has 0 heterocycles. The minimum atomic E-state index is -0.0884. The average molecular weight is 343 g/mol. The summed E-state index contributed by atoms with van der Waals surface area (Å²) in [5, 5.41) is 9.98. The first kappa shape index (κ1) is 23.4. The summed E-state index contributed by atoms with van der Waals surface area (Å²) in [4.78, 5) is 11.0. The molecule has 0 amide bonds. The second kappa shape index (κ2) is 18.8. The summed E-state index contributed by atoms with van der Waals surface area (Å²) in [6, 6.07) is 0. The maximum absolute atomic E-state index is 11.0. The van der Waals surface area contributed by atoms with Crippen LogP contribution < -0.4 is 0 Å². The number of hydrogen-bond acceptors (Lipinski definition) is 3. The molecule has 0 aliphatic carbocycles. The molecule has 0 bridgehead atoms. The Hall–Kier alpha value is -0.570. The molecule has 1 N–H and O–H groups in total. The molecule has 0 aliphatic heterocycles. The fourth-order valence-corrected chi connectivity index (χ4v) is 3.12. The number of methoxy groups -OCH3 is 1. The number of aliphatic hydroxyl groups is 1. The van der Waals surface area contributed by atoms with Crippen molar-refractivity contribution in [3.05, 3.63) is 0 Å². The van der Waals surface area contributed by atoms with Crippen LogP contribution in [-0.4, -0.2) is 24.3 Å².